The van der Waals surface area contributed by atoms with Gasteiger partial charge in [-0.1, -0.05) is 41.4 Å². The van der Waals surface area contributed by atoms with Crippen molar-refractivity contribution >= 4 is 56.3 Å². The number of nitrogens with zero attached hydrogens (tertiary/aromatic N) is 4. The average Bonchev–Trinajstić information content (AvgIpc) is 2.77. The van der Waals surface area contributed by atoms with Crippen molar-refractivity contribution in [3.8, 4) is 5.75 Å². The Morgan fingerprint density at radius 3 is 2.74 bits per heavy atom. The Hall–Kier alpha value is -3.31. The van der Waals surface area contributed by atoms with E-state index in [1.807, 2.05) is 13.8 Å². The normalized spacial score (nSPS) is 11.4. The molecule has 0 bridgehead atoms. The number of esters is 1. The second kappa shape index (κ2) is 10.7. The summed E-state index contributed by atoms with van der Waals surface area (Å²) in [5.41, 5.74) is -0.0715. The fourth-order valence-electron chi connectivity index (χ4n) is 3.06. The molecule has 0 amide bonds. The van der Waals surface area contributed by atoms with E-state index in [1.54, 1.807) is 25.1 Å². The first-order valence-corrected chi connectivity index (χ1v) is 11.3. The van der Waals surface area contributed by atoms with Crippen LogP contribution in [0.2, 0.25) is 5.02 Å². The maximum atomic E-state index is 13.1. The molecule has 0 aliphatic rings. The van der Waals surface area contributed by atoms with E-state index in [2.05, 4.69) is 26.0 Å². The van der Waals surface area contributed by atoms with Crippen molar-refractivity contribution in [2.24, 2.45) is 5.10 Å². The Morgan fingerprint density at radius 2 is 2.09 bits per heavy atom. The van der Waals surface area contributed by atoms with Crippen LogP contribution < -0.4 is 10.3 Å². The molecule has 0 aliphatic heterocycles. The van der Waals surface area contributed by atoms with Gasteiger partial charge in [-0.3, -0.25) is 14.9 Å². The van der Waals surface area contributed by atoms with Gasteiger partial charge < -0.3 is 9.47 Å². The molecule has 3 rings (SSSR count). The van der Waals surface area contributed by atoms with Crippen molar-refractivity contribution in [3.05, 3.63) is 71.7 Å². The van der Waals surface area contributed by atoms with Crippen LogP contribution in [0.3, 0.4) is 0 Å². The lowest BCUT2D eigenvalue weighted by Crippen LogP contribution is -2.23. The Bertz CT molecular complexity index is 1360. The smallest absolute Gasteiger partial charge is 0.344 e. The van der Waals surface area contributed by atoms with Gasteiger partial charge >= 0.3 is 11.7 Å². The minimum absolute atomic E-state index is 0.100. The highest BCUT2D eigenvalue weighted by atomic mass is 79.9. The summed E-state index contributed by atoms with van der Waals surface area (Å²) in [6.07, 6.45) is 1.27. The van der Waals surface area contributed by atoms with Crippen LogP contribution in [0.15, 0.2) is 44.7 Å². The van der Waals surface area contributed by atoms with E-state index < -0.39 is 23.2 Å². The van der Waals surface area contributed by atoms with Gasteiger partial charge in [-0.2, -0.15) is 9.78 Å². The Kier molecular flexibility index (Phi) is 8.00. The van der Waals surface area contributed by atoms with Crippen LogP contribution in [0.5, 0.6) is 5.75 Å². The summed E-state index contributed by atoms with van der Waals surface area (Å²) >= 11 is 9.55. The van der Waals surface area contributed by atoms with E-state index in [0.717, 1.165) is 4.68 Å². The highest BCUT2D eigenvalue weighted by Gasteiger charge is 2.22. The van der Waals surface area contributed by atoms with E-state index in [0.29, 0.717) is 21.2 Å². The lowest BCUT2D eigenvalue weighted by molar-refractivity contribution is -0.385. The predicted octanol–water partition coefficient (Wildman–Crippen LogP) is 4.67. The van der Waals surface area contributed by atoms with Gasteiger partial charge in [0.1, 0.15) is 5.82 Å². The summed E-state index contributed by atoms with van der Waals surface area (Å²) in [6.45, 7) is 4.98. The number of hydrogen-bond donors (Lipinski definition) is 0. The molecule has 3 aromatic rings. The second-order valence-electron chi connectivity index (χ2n) is 7.35. The van der Waals surface area contributed by atoms with Crippen LogP contribution in [0, 0.1) is 10.1 Å². The number of ether oxygens (including phenoxy) is 2. The number of hydrogen-bond acceptors (Lipinski definition) is 8. The summed E-state index contributed by atoms with van der Waals surface area (Å²) in [4.78, 5) is 40.1. The molecule has 0 atom stereocenters. The molecule has 0 unspecified atom stereocenters. The third kappa shape index (κ3) is 5.60. The molecule has 0 radical (unpaired) electrons. The predicted molar refractivity (Wildman–Crippen MR) is 131 cm³/mol. The van der Waals surface area contributed by atoms with E-state index in [9.17, 15) is 19.7 Å². The quantitative estimate of drug-likeness (QED) is 0.172. The van der Waals surface area contributed by atoms with Crippen LogP contribution in [0.25, 0.3) is 10.9 Å². The van der Waals surface area contributed by atoms with Crippen molar-refractivity contribution in [2.75, 3.05) is 13.2 Å². The zero-order chi connectivity index (χ0) is 25.0. The first-order chi connectivity index (χ1) is 16.1. The van der Waals surface area contributed by atoms with E-state index in [4.69, 9.17) is 21.1 Å². The maximum Gasteiger partial charge on any atom is 0.344 e. The molecule has 10 nitrogen and oxygen atoms in total. The molecular weight excluding hydrogens is 532 g/mol. The topological polar surface area (TPSA) is 126 Å². The van der Waals surface area contributed by atoms with Gasteiger partial charge in [0, 0.05) is 22.0 Å². The van der Waals surface area contributed by atoms with Crippen LogP contribution in [0.4, 0.5) is 5.69 Å². The van der Waals surface area contributed by atoms with Gasteiger partial charge in [0.05, 0.1) is 33.7 Å². The van der Waals surface area contributed by atoms with Gasteiger partial charge in [0.25, 0.3) is 5.56 Å². The van der Waals surface area contributed by atoms with Crippen molar-refractivity contribution in [2.45, 2.75) is 26.7 Å². The van der Waals surface area contributed by atoms with Crippen LogP contribution in [0.1, 0.15) is 38.1 Å². The molecule has 34 heavy (non-hydrogen) atoms. The van der Waals surface area contributed by atoms with Crippen molar-refractivity contribution in [3.63, 3.8) is 0 Å². The molecule has 178 valence electrons. The molecule has 2 aromatic carbocycles. The maximum absolute atomic E-state index is 13.1. The van der Waals surface area contributed by atoms with E-state index in [1.165, 1.54) is 18.3 Å². The van der Waals surface area contributed by atoms with Gasteiger partial charge in [-0.15, -0.1) is 0 Å². The molecule has 0 N–H and O–H groups in total. The highest BCUT2D eigenvalue weighted by Crippen LogP contribution is 2.36. The molecule has 0 fully saturated rings. The van der Waals surface area contributed by atoms with Crippen LogP contribution in [-0.2, 0) is 9.53 Å². The number of fused-ring (bicyclic) bond motifs is 1. The number of nitro groups is 1. The molecule has 1 aromatic heterocycles. The Labute approximate surface area is 207 Å². The second-order valence-corrected chi connectivity index (χ2v) is 8.67. The van der Waals surface area contributed by atoms with Crippen LogP contribution in [-0.4, -0.2) is 40.0 Å². The highest BCUT2D eigenvalue weighted by molar-refractivity contribution is 9.10. The third-order valence-electron chi connectivity index (χ3n) is 4.55. The molecular formula is C22H20BrClN4O6. The minimum Gasteiger partial charge on any atom is -0.474 e. The first kappa shape index (κ1) is 25.3. The van der Waals surface area contributed by atoms with Crippen LogP contribution >= 0.6 is 27.5 Å². The lowest BCUT2D eigenvalue weighted by atomic mass is 10.2. The monoisotopic (exact) mass is 550 g/mol. The number of nitro benzene ring substituents is 1. The van der Waals surface area contributed by atoms with Crippen molar-refractivity contribution in [1.82, 2.24) is 9.66 Å². The molecule has 0 aliphatic carbocycles. The Morgan fingerprint density at radius 1 is 1.35 bits per heavy atom. The number of carbonyl (C=O) groups excluding carboxylic acids is 1. The summed E-state index contributed by atoms with van der Waals surface area (Å²) in [7, 11) is 0. The van der Waals surface area contributed by atoms with Crippen molar-refractivity contribution < 1.29 is 19.2 Å². The standard InChI is InChI=1S/C22H20BrClN4O6/c1-4-33-19(29)11-34-20-16(24)7-13(8-18(20)28(31)32)10-25-27-21(12(2)3)26-17-6-5-14(23)9-15(17)22(27)30/h5-10,12H,4,11H2,1-3H3. The largest absolute Gasteiger partial charge is 0.474 e. The fraction of sp³-hybridized carbons (Fsp3) is 0.273. The fourth-order valence-corrected chi connectivity index (χ4v) is 3.70. The summed E-state index contributed by atoms with van der Waals surface area (Å²) in [5, 5.41) is 16.1. The number of halogens is 2. The lowest BCUT2D eigenvalue weighted by Gasteiger charge is -2.12. The molecule has 0 spiro atoms. The average molecular weight is 552 g/mol. The first-order valence-electron chi connectivity index (χ1n) is 10.1. The minimum atomic E-state index is -0.690. The zero-order valence-corrected chi connectivity index (χ0v) is 20.8. The van der Waals surface area contributed by atoms with E-state index >= 15 is 0 Å². The number of aromatic nitrogens is 2. The number of carbonyl (C=O) groups is 1. The SMILES string of the molecule is CCOC(=O)COc1c(Cl)cc(C=Nn2c(C(C)C)nc3ccc(Br)cc3c2=O)cc1[N+](=O)[O-]. The molecule has 12 heteroatoms. The van der Waals surface area contributed by atoms with E-state index in [-0.39, 0.29) is 34.4 Å². The molecule has 0 saturated carbocycles. The number of rotatable bonds is 8. The van der Waals surface area contributed by atoms with Crippen molar-refractivity contribution in [1.29, 1.82) is 0 Å². The third-order valence-corrected chi connectivity index (χ3v) is 5.33. The van der Waals surface area contributed by atoms with Gasteiger partial charge in [0.15, 0.2) is 6.61 Å². The zero-order valence-electron chi connectivity index (χ0n) is 18.4. The summed E-state index contributed by atoms with van der Waals surface area (Å²) in [5.74, 6) is -0.663. The van der Waals surface area contributed by atoms with Gasteiger partial charge in [-0.05, 0) is 31.2 Å². The summed E-state index contributed by atoms with van der Waals surface area (Å²) < 4.78 is 11.9. The Balaban J connectivity index is 2.05. The molecule has 1 heterocycles. The van der Waals surface area contributed by atoms with Gasteiger partial charge in [0.2, 0.25) is 5.75 Å². The molecule has 0 saturated heterocycles. The number of benzene rings is 2. The van der Waals surface area contributed by atoms with Gasteiger partial charge in [-0.25, -0.2) is 9.78 Å². The summed E-state index contributed by atoms with van der Waals surface area (Å²) in [6, 6.07) is 7.74.